The lowest BCUT2D eigenvalue weighted by Crippen LogP contribution is -2.40. The van der Waals surface area contributed by atoms with Crippen molar-refractivity contribution >= 4 is 15.9 Å². The highest BCUT2D eigenvalue weighted by atomic mass is 32.2. The van der Waals surface area contributed by atoms with E-state index in [4.69, 9.17) is 0 Å². The first-order valence-electron chi connectivity index (χ1n) is 6.65. The van der Waals surface area contributed by atoms with Crippen LogP contribution in [0.4, 0.5) is 8.78 Å². The highest BCUT2D eigenvalue weighted by Crippen LogP contribution is 2.25. The summed E-state index contributed by atoms with van der Waals surface area (Å²) in [5, 5.41) is 4.99. The van der Waals surface area contributed by atoms with Gasteiger partial charge in [-0.05, 0) is 24.7 Å². The van der Waals surface area contributed by atoms with Crippen LogP contribution in [0.3, 0.4) is 0 Å². The van der Waals surface area contributed by atoms with Crippen molar-refractivity contribution in [3.63, 3.8) is 0 Å². The lowest BCUT2D eigenvalue weighted by Gasteiger charge is -2.12. The Morgan fingerprint density at radius 2 is 2.18 bits per heavy atom. The molecular weight excluding hydrogens is 316 g/mol. The van der Waals surface area contributed by atoms with Crippen molar-refractivity contribution in [3.05, 3.63) is 29.8 Å². The highest BCUT2D eigenvalue weighted by Gasteiger charge is 2.42. The standard InChI is InChI=1S/C13H17F2N3O3S/c1-16-22(20,21)10-4-2-3-9(5-10)7-17-12(19)11-6-13(14,15)8-18-11/h2-5,11,16,18H,6-8H2,1H3,(H,17,19). The maximum atomic E-state index is 13.0. The fourth-order valence-corrected chi connectivity index (χ4v) is 2.95. The van der Waals surface area contributed by atoms with Crippen LogP contribution in [0.2, 0.25) is 0 Å². The normalized spacial score (nSPS) is 20.8. The van der Waals surface area contributed by atoms with Crippen LogP contribution in [0.25, 0.3) is 0 Å². The predicted octanol–water partition coefficient (Wildman–Crippen LogP) is 0.208. The van der Waals surface area contributed by atoms with E-state index in [1.165, 1.54) is 19.2 Å². The van der Waals surface area contributed by atoms with Crippen molar-refractivity contribution in [2.75, 3.05) is 13.6 Å². The van der Waals surface area contributed by atoms with Crippen LogP contribution >= 0.6 is 0 Å². The summed E-state index contributed by atoms with van der Waals surface area (Å²) in [7, 11) is -2.26. The Balaban J connectivity index is 1.98. The van der Waals surface area contributed by atoms with E-state index < -0.39 is 40.9 Å². The van der Waals surface area contributed by atoms with Gasteiger partial charge in [-0.2, -0.15) is 0 Å². The number of carbonyl (C=O) groups excluding carboxylic acids is 1. The molecule has 0 spiro atoms. The Hall–Kier alpha value is -1.58. The molecule has 1 aromatic carbocycles. The average Bonchev–Trinajstić information content (AvgIpc) is 2.85. The summed E-state index contributed by atoms with van der Waals surface area (Å²) in [4.78, 5) is 11.9. The van der Waals surface area contributed by atoms with E-state index >= 15 is 0 Å². The van der Waals surface area contributed by atoms with Crippen molar-refractivity contribution in [1.29, 1.82) is 0 Å². The Morgan fingerprint density at radius 1 is 1.45 bits per heavy atom. The fourth-order valence-electron chi connectivity index (χ4n) is 2.15. The van der Waals surface area contributed by atoms with E-state index in [1.54, 1.807) is 12.1 Å². The zero-order valence-corrected chi connectivity index (χ0v) is 12.7. The minimum Gasteiger partial charge on any atom is -0.351 e. The molecule has 22 heavy (non-hydrogen) atoms. The Bertz CT molecular complexity index is 664. The van der Waals surface area contributed by atoms with Crippen molar-refractivity contribution in [3.8, 4) is 0 Å². The Kier molecular flexibility index (Phi) is 4.78. The molecule has 0 saturated carbocycles. The van der Waals surface area contributed by atoms with Crippen LogP contribution in [0.1, 0.15) is 12.0 Å². The summed E-state index contributed by atoms with van der Waals surface area (Å²) in [6.07, 6.45) is -0.535. The molecule has 1 aliphatic rings. The van der Waals surface area contributed by atoms with Crippen molar-refractivity contribution in [1.82, 2.24) is 15.4 Å². The number of alkyl halides is 2. The van der Waals surface area contributed by atoms with Crippen LogP contribution < -0.4 is 15.4 Å². The smallest absolute Gasteiger partial charge is 0.262 e. The molecule has 122 valence electrons. The number of hydrogen-bond acceptors (Lipinski definition) is 4. The second-order valence-electron chi connectivity index (χ2n) is 5.07. The third-order valence-corrected chi connectivity index (χ3v) is 4.78. The lowest BCUT2D eigenvalue weighted by atomic mass is 10.1. The second kappa shape index (κ2) is 6.27. The molecular formula is C13H17F2N3O3S. The molecule has 0 radical (unpaired) electrons. The summed E-state index contributed by atoms with van der Waals surface area (Å²) < 4.78 is 51.6. The molecule has 0 aliphatic carbocycles. The van der Waals surface area contributed by atoms with Gasteiger partial charge in [0, 0.05) is 13.0 Å². The van der Waals surface area contributed by atoms with E-state index in [1.807, 2.05) is 0 Å². The summed E-state index contributed by atoms with van der Waals surface area (Å²) in [6.45, 7) is -0.448. The number of hydrogen-bond donors (Lipinski definition) is 3. The highest BCUT2D eigenvalue weighted by molar-refractivity contribution is 7.89. The van der Waals surface area contributed by atoms with Crippen molar-refractivity contribution < 1.29 is 22.0 Å². The first-order chi connectivity index (χ1) is 10.2. The van der Waals surface area contributed by atoms with Crippen molar-refractivity contribution in [2.45, 2.75) is 29.8 Å². The number of sulfonamides is 1. The number of nitrogens with one attached hydrogen (secondary N) is 3. The maximum Gasteiger partial charge on any atom is 0.262 e. The number of rotatable bonds is 5. The summed E-state index contributed by atoms with van der Waals surface area (Å²) in [5.41, 5.74) is 0.564. The lowest BCUT2D eigenvalue weighted by molar-refractivity contribution is -0.123. The van der Waals surface area contributed by atoms with Gasteiger partial charge in [0.25, 0.3) is 5.92 Å². The monoisotopic (exact) mass is 333 g/mol. The fraction of sp³-hybridized carbons (Fsp3) is 0.462. The van der Waals surface area contributed by atoms with E-state index in [-0.39, 0.29) is 11.4 Å². The van der Waals surface area contributed by atoms with Crippen molar-refractivity contribution in [2.24, 2.45) is 0 Å². The van der Waals surface area contributed by atoms with Gasteiger partial charge in [-0.25, -0.2) is 21.9 Å². The van der Waals surface area contributed by atoms with Crippen LogP contribution in [0.5, 0.6) is 0 Å². The third-order valence-electron chi connectivity index (χ3n) is 3.37. The average molecular weight is 333 g/mol. The van der Waals surface area contributed by atoms with Crippen LogP contribution in [0.15, 0.2) is 29.2 Å². The Morgan fingerprint density at radius 3 is 2.77 bits per heavy atom. The molecule has 1 fully saturated rings. The summed E-state index contributed by atoms with van der Waals surface area (Å²) >= 11 is 0. The van der Waals surface area contributed by atoms with Gasteiger partial charge in [-0.15, -0.1) is 0 Å². The first-order valence-corrected chi connectivity index (χ1v) is 8.13. The molecule has 1 amide bonds. The molecule has 1 saturated heterocycles. The van der Waals surface area contributed by atoms with Gasteiger partial charge in [-0.1, -0.05) is 12.1 Å². The molecule has 3 N–H and O–H groups in total. The summed E-state index contributed by atoms with van der Waals surface area (Å²) in [6, 6.07) is 5.11. The quantitative estimate of drug-likeness (QED) is 0.719. The van der Waals surface area contributed by atoms with E-state index in [0.717, 1.165) is 0 Å². The first kappa shape index (κ1) is 16.8. The topological polar surface area (TPSA) is 87.3 Å². The molecule has 1 heterocycles. The van der Waals surface area contributed by atoms with Crippen LogP contribution in [-0.2, 0) is 21.4 Å². The van der Waals surface area contributed by atoms with E-state index in [2.05, 4.69) is 15.4 Å². The molecule has 0 bridgehead atoms. The maximum absolute atomic E-state index is 13.0. The molecule has 0 aromatic heterocycles. The zero-order valence-electron chi connectivity index (χ0n) is 11.9. The van der Waals surface area contributed by atoms with Crippen LogP contribution in [-0.4, -0.2) is 39.9 Å². The molecule has 1 aromatic rings. The van der Waals surface area contributed by atoms with Gasteiger partial charge >= 0.3 is 0 Å². The van der Waals surface area contributed by atoms with Gasteiger partial charge in [-0.3, -0.25) is 10.1 Å². The van der Waals surface area contributed by atoms with Gasteiger partial charge < -0.3 is 5.32 Å². The number of halogens is 2. The number of benzene rings is 1. The molecule has 6 nitrogen and oxygen atoms in total. The van der Waals surface area contributed by atoms with E-state index in [9.17, 15) is 22.0 Å². The second-order valence-corrected chi connectivity index (χ2v) is 6.95. The minimum absolute atomic E-state index is 0.0651. The molecule has 2 rings (SSSR count). The molecule has 1 atom stereocenters. The van der Waals surface area contributed by atoms with E-state index in [0.29, 0.717) is 5.56 Å². The molecule has 1 aliphatic heterocycles. The van der Waals surface area contributed by atoms with Crippen LogP contribution in [0, 0.1) is 0 Å². The minimum atomic E-state index is -3.56. The largest absolute Gasteiger partial charge is 0.351 e. The van der Waals surface area contributed by atoms with Gasteiger partial charge in [0.15, 0.2) is 0 Å². The predicted molar refractivity (Wildman–Crippen MR) is 75.9 cm³/mol. The van der Waals surface area contributed by atoms with Gasteiger partial charge in [0.1, 0.15) is 0 Å². The molecule has 1 unspecified atom stereocenters. The SMILES string of the molecule is CNS(=O)(=O)c1cccc(CNC(=O)C2CC(F)(F)CN2)c1. The summed E-state index contributed by atoms with van der Waals surface area (Å²) in [5.74, 6) is -3.40. The zero-order chi connectivity index (χ0) is 16.4. The van der Waals surface area contributed by atoms with Gasteiger partial charge in [0.2, 0.25) is 15.9 Å². The van der Waals surface area contributed by atoms with Gasteiger partial charge in [0.05, 0.1) is 17.5 Å². The number of amides is 1. The Labute approximate surface area is 127 Å². The third kappa shape index (κ3) is 3.99. The number of carbonyl (C=O) groups is 1. The molecule has 9 heteroatoms.